The SMILES string of the molecule is Cc1sc(-c2ccc(F)cc2F)nc1-c1ccccc1Br. The monoisotopic (exact) mass is 365 g/mol. The van der Waals surface area contributed by atoms with Crippen molar-refractivity contribution in [2.45, 2.75) is 6.92 Å². The summed E-state index contributed by atoms with van der Waals surface area (Å²) in [4.78, 5) is 5.51. The Bertz CT molecular complexity index is 814. The number of rotatable bonds is 2. The highest BCUT2D eigenvalue weighted by Crippen LogP contribution is 2.37. The maximum atomic E-state index is 13.9. The molecule has 3 rings (SSSR count). The zero-order valence-corrected chi connectivity index (χ0v) is 13.4. The summed E-state index contributed by atoms with van der Waals surface area (Å²) in [6, 6.07) is 11.3. The molecular formula is C16H10BrF2NS. The predicted octanol–water partition coefficient (Wildman–Crippen LogP) is 5.83. The summed E-state index contributed by atoms with van der Waals surface area (Å²) < 4.78 is 27.8. The van der Waals surface area contributed by atoms with Gasteiger partial charge in [-0.3, -0.25) is 0 Å². The van der Waals surface area contributed by atoms with E-state index in [-0.39, 0.29) is 0 Å². The molecule has 0 unspecified atom stereocenters. The largest absolute Gasteiger partial charge is 0.236 e. The molecule has 1 heterocycles. The lowest BCUT2D eigenvalue weighted by Gasteiger charge is -2.01. The Balaban J connectivity index is 2.12. The van der Waals surface area contributed by atoms with E-state index in [9.17, 15) is 8.78 Å². The summed E-state index contributed by atoms with van der Waals surface area (Å²) in [6.07, 6.45) is 0. The van der Waals surface area contributed by atoms with Gasteiger partial charge in [-0.2, -0.15) is 0 Å². The topological polar surface area (TPSA) is 12.9 Å². The molecule has 0 saturated carbocycles. The molecule has 0 bridgehead atoms. The van der Waals surface area contributed by atoms with Crippen molar-refractivity contribution in [3.8, 4) is 21.8 Å². The molecule has 21 heavy (non-hydrogen) atoms. The van der Waals surface area contributed by atoms with E-state index in [0.29, 0.717) is 10.6 Å². The van der Waals surface area contributed by atoms with Gasteiger partial charge in [0.2, 0.25) is 0 Å². The minimum absolute atomic E-state index is 0.322. The van der Waals surface area contributed by atoms with Gasteiger partial charge in [-0.15, -0.1) is 11.3 Å². The van der Waals surface area contributed by atoms with Crippen molar-refractivity contribution < 1.29 is 8.78 Å². The number of benzene rings is 2. The molecule has 0 radical (unpaired) electrons. The van der Waals surface area contributed by atoms with Crippen LogP contribution in [0.4, 0.5) is 8.78 Å². The number of aromatic nitrogens is 1. The van der Waals surface area contributed by atoms with E-state index >= 15 is 0 Å². The fourth-order valence-electron chi connectivity index (χ4n) is 2.08. The van der Waals surface area contributed by atoms with Gasteiger partial charge in [0.25, 0.3) is 0 Å². The lowest BCUT2D eigenvalue weighted by atomic mass is 10.1. The molecule has 2 aromatic carbocycles. The maximum absolute atomic E-state index is 13.9. The van der Waals surface area contributed by atoms with Crippen molar-refractivity contribution in [2.75, 3.05) is 0 Å². The highest BCUT2D eigenvalue weighted by molar-refractivity contribution is 9.10. The Morgan fingerprint density at radius 2 is 1.81 bits per heavy atom. The van der Waals surface area contributed by atoms with E-state index < -0.39 is 11.6 Å². The normalized spacial score (nSPS) is 10.9. The molecule has 1 aromatic heterocycles. The van der Waals surface area contributed by atoms with Crippen molar-refractivity contribution in [1.82, 2.24) is 4.98 Å². The Morgan fingerprint density at radius 3 is 2.52 bits per heavy atom. The van der Waals surface area contributed by atoms with Gasteiger partial charge in [-0.25, -0.2) is 13.8 Å². The molecule has 0 aliphatic carbocycles. The average molecular weight is 366 g/mol. The Morgan fingerprint density at radius 1 is 1.05 bits per heavy atom. The van der Waals surface area contributed by atoms with E-state index in [0.717, 1.165) is 26.7 Å². The highest BCUT2D eigenvalue weighted by Gasteiger charge is 2.16. The molecular weight excluding hydrogens is 356 g/mol. The fourth-order valence-corrected chi connectivity index (χ4v) is 3.50. The van der Waals surface area contributed by atoms with Crippen molar-refractivity contribution in [1.29, 1.82) is 0 Å². The standard InChI is InChI=1S/C16H10BrF2NS/c1-9-15(11-4-2-3-5-13(11)17)20-16(21-9)12-7-6-10(18)8-14(12)19/h2-8H,1H3. The van der Waals surface area contributed by atoms with Gasteiger partial charge >= 0.3 is 0 Å². The number of hydrogen-bond acceptors (Lipinski definition) is 2. The molecule has 0 amide bonds. The average Bonchev–Trinajstić information content (AvgIpc) is 2.81. The zero-order valence-electron chi connectivity index (χ0n) is 11.0. The van der Waals surface area contributed by atoms with E-state index in [1.165, 1.54) is 23.5 Å². The van der Waals surface area contributed by atoms with Crippen LogP contribution in [0.25, 0.3) is 21.8 Å². The second-order valence-corrected chi connectivity index (χ2v) is 6.59. The Labute approximate surface area is 133 Å². The third-order valence-corrected chi connectivity index (χ3v) is 4.78. The molecule has 0 spiro atoms. The van der Waals surface area contributed by atoms with Crippen molar-refractivity contribution in [2.24, 2.45) is 0 Å². The zero-order chi connectivity index (χ0) is 15.0. The second-order valence-electron chi connectivity index (χ2n) is 4.53. The van der Waals surface area contributed by atoms with E-state index in [1.54, 1.807) is 0 Å². The highest BCUT2D eigenvalue weighted by atomic mass is 79.9. The quantitative estimate of drug-likeness (QED) is 0.556. The molecule has 0 fully saturated rings. The lowest BCUT2D eigenvalue weighted by Crippen LogP contribution is -1.86. The van der Waals surface area contributed by atoms with Crippen LogP contribution in [0.3, 0.4) is 0 Å². The van der Waals surface area contributed by atoms with Crippen LogP contribution in [-0.4, -0.2) is 4.98 Å². The summed E-state index contributed by atoms with van der Waals surface area (Å²) in [5, 5.41) is 0.552. The van der Waals surface area contributed by atoms with Crippen molar-refractivity contribution >= 4 is 27.3 Å². The van der Waals surface area contributed by atoms with Gasteiger partial charge < -0.3 is 0 Å². The second kappa shape index (κ2) is 5.66. The number of thiazole rings is 1. The minimum atomic E-state index is -0.595. The van der Waals surface area contributed by atoms with Crippen LogP contribution >= 0.6 is 27.3 Å². The molecule has 5 heteroatoms. The third-order valence-electron chi connectivity index (χ3n) is 3.09. The van der Waals surface area contributed by atoms with E-state index in [2.05, 4.69) is 20.9 Å². The Kier molecular flexibility index (Phi) is 3.87. The summed E-state index contributed by atoms with van der Waals surface area (Å²) >= 11 is 4.89. The lowest BCUT2D eigenvalue weighted by molar-refractivity contribution is 0.585. The van der Waals surface area contributed by atoms with E-state index in [1.807, 2.05) is 31.2 Å². The smallest absolute Gasteiger partial charge is 0.136 e. The van der Waals surface area contributed by atoms with Crippen LogP contribution in [0.1, 0.15) is 4.88 Å². The first-order valence-electron chi connectivity index (χ1n) is 6.24. The van der Waals surface area contributed by atoms with Gasteiger partial charge in [-0.1, -0.05) is 34.1 Å². The summed E-state index contributed by atoms with van der Waals surface area (Å²) in [7, 11) is 0. The van der Waals surface area contributed by atoms with Crippen molar-refractivity contribution in [3.05, 3.63) is 63.4 Å². The summed E-state index contributed by atoms with van der Waals surface area (Å²) in [5.41, 5.74) is 2.09. The molecule has 0 N–H and O–H groups in total. The van der Waals surface area contributed by atoms with Crippen LogP contribution in [0, 0.1) is 18.6 Å². The first-order valence-corrected chi connectivity index (χ1v) is 7.85. The number of aryl methyl sites for hydroxylation is 1. The predicted molar refractivity (Wildman–Crippen MR) is 85.3 cm³/mol. The molecule has 1 nitrogen and oxygen atoms in total. The first kappa shape index (κ1) is 14.4. The molecule has 0 aliphatic heterocycles. The minimum Gasteiger partial charge on any atom is -0.236 e. The maximum Gasteiger partial charge on any atom is 0.136 e. The molecule has 106 valence electrons. The number of nitrogens with zero attached hydrogens (tertiary/aromatic N) is 1. The molecule has 0 aliphatic rings. The van der Waals surface area contributed by atoms with Crippen molar-refractivity contribution in [3.63, 3.8) is 0 Å². The molecule has 0 atom stereocenters. The van der Waals surface area contributed by atoms with Gasteiger partial charge in [0.05, 0.1) is 5.69 Å². The molecule has 0 saturated heterocycles. The fraction of sp³-hybridized carbons (Fsp3) is 0.0625. The summed E-state index contributed by atoms with van der Waals surface area (Å²) in [5.74, 6) is -1.18. The first-order chi connectivity index (χ1) is 10.1. The third kappa shape index (κ3) is 2.76. The molecule has 3 aromatic rings. The van der Waals surface area contributed by atoms with Crippen LogP contribution in [0.15, 0.2) is 46.9 Å². The Hall–Kier alpha value is -1.59. The van der Waals surface area contributed by atoms with Crippen LogP contribution < -0.4 is 0 Å². The van der Waals surface area contributed by atoms with Gasteiger partial charge in [0, 0.05) is 26.5 Å². The van der Waals surface area contributed by atoms with Gasteiger partial charge in [0.1, 0.15) is 16.6 Å². The number of hydrogen-bond donors (Lipinski definition) is 0. The van der Waals surface area contributed by atoms with E-state index in [4.69, 9.17) is 0 Å². The van der Waals surface area contributed by atoms with Crippen LogP contribution in [-0.2, 0) is 0 Å². The van der Waals surface area contributed by atoms with Crippen LogP contribution in [0.2, 0.25) is 0 Å². The van der Waals surface area contributed by atoms with Gasteiger partial charge in [-0.05, 0) is 25.1 Å². The van der Waals surface area contributed by atoms with Gasteiger partial charge in [0.15, 0.2) is 0 Å². The van der Waals surface area contributed by atoms with Crippen LogP contribution in [0.5, 0.6) is 0 Å². The number of halogens is 3. The summed E-state index contributed by atoms with van der Waals surface area (Å²) in [6.45, 7) is 1.94.